The second-order valence-corrected chi connectivity index (χ2v) is 9.22. The molecule has 6 heteroatoms. The Morgan fingerprint density at radius 2 is 1.69 bits per heavy atom. The third-order valence-corrected chi connectivity index (χ3v) is 6.50. The zero-order valence-corrected chi connectivity index (χ0v) is 20.5. The molecule has 0 spiro atoms. The number of anilines is 1. The van der Waals surface area contributed by atoms with Gasteiger partial charge in [0, 0.05) is 10.9 Å². The number of benzene rings is 3. The Bertz CT molecular complexity index is 1540. The van der Waals surface area contributed by atoms with E-state index in [1.807, 2.05) is 54.1 Å². The summed E-state index contributed by atoms with van der Waals surface area (Å²) in [5.41, 5.74) is 6.60. The summed E-state index contributed by atoms with van der Waals surface area (Å²) in [5, 5.41) is 8.83. The van der Waals surface area contributed by atoms with E-state index in [9.17, 15) is 4.79 Å². The van der Waals surface area contributed by atoms with Crippen molar-refractivity contribution in [3.8, 4) is 16.9 Å². The zero-order valence-electron chi connectivity index (χ0n) is 19.8. The smallest absolute Gasteiger partial charge is 0.256 e. The molecule has 1 amide bonds. The van der Waals surface area contributed by atoms with Gasteiger partial charge in [0.15, 0.2) is 0 Å². The number of hydrogen-bond donors (Lipinski definition) is 1. The fraction of sp³-hybridized carbons (Fsp3) is 0.138. The quantitative estimate of drug-likeness (QED) is 0.284. The second kappa shape index (κ2) is 9.35. The Morgan fingerprint density at radius 1 is 0.971 bits per heavy atom. The number of carbonyl (C=O) groups excluding carboxylic acids is 1. The molecule has 0 aliphatic heterocycles. The highest BCUT2D eigenvalue weighted by Gasteiger charge is 2.18. The van der Waals surface area contributed by atoms with Crippen molar-refractivity contribution in [3.05, 3.63) is 107 Å². The standard InChI is InChI=1S/C29H25ClN4O/c1-18(2)20-12-14-21(15-13-20)34-19(3)24(17-31-34)28-16-23(22-8-4-6-10-26(22)32-28)29(35)33-27-11-7-5-9-25(27)30/h4-18H,1-3H3,(H,33,35). The van der Waals surface area contributed by atoms with Gasteiger partial charge in [-0.05, 0) is 54.8 Å². The average molecular weight is 481 g/mol. The number of nitrogens with one attached hydrogen (secondary N) is 1. The molecule has 1 N–H and O–H groups in total. The van der Waals surface area contributed by atoms with E-state index in [1.165, 1.54) is 5.56 Å². The molecule has 35 heavy (non-hydrogen) atoms. The molecular formula is C29H25ClN4O. The molecule has 5 nitrogen and oxygen atoms in total. The predicted octanol–water partition coefficient (Wildman–Crippen LogP) is 7.43. The van der Waals surface area contributed by atoms with Crippen LogP contribution in [0.4, 0.5) is 5.69 Å². The topological polar surface area (TPSA) is 59.8 Å². The number of hydrogen-bond acceptors (Lipinski definition) is 3. The number of rotatable bonds is 5. The number of para-hydroxylation sites is 2. The lowest BCUT2D eigenvalue weighted by molar-refractivity contribution is 0.102. The maximum absolute atomic E-state index is 13.3. The lowest BCUT2D eigenvalue weighted by atomic mass is 10.0. The van der Waals surface area contributed by atoms with Gasteiger partial charge in [0.1, 0.15) is 0 Å². The molecule has 0 atom stereocenters. The van der Waals surface area contributed by atoms with E-state index in [4.69, 9.17) is 16.6 Å². The molecule has 174 valence electrons. The van der Waals surface area contributed by atoms with Crippen molar-refractivity contribution in [3.63, 3.8) is 0 Å². The highest BCUT2D eigenvalue weighted by Crippen LogP contribution is 2.30. The molecule has 0 saturated carbocycles. The normalized spacial score (nSPS) is 11.2. The van der Waals surface area contributed by atoms with Gasteiger partial charge in [-0.15, -0.1) is 0 Å². The Balaban J connectivity index is 1.57. The molecule has 0 bridgehead atoms. The minimum Gasteiger partial charge on any atom is -0.321 e. The van der Waals surface area contributed by atoms with E-state index in [1.54, 1.807) is 18.3 Å². The minimum atomic E-state index is -0.243. The number of fused-ring (bicyclic) bond motifs is 1. The molecular weight excluding hydrogens is 456 g/mol. The van der Waals surface area contributed by atoms with Crippen LogP contribution in [0, 0.1) is 6.92 Å². The van der Waals surface area contributed by atoms with Crippen LogP contribution in [0.3, 0.4) is 0 Å². The first-order valence-corrected chi connectivity index (χ1v) is 11.9. The minimum absolute atomic E-state index is 0.243. The van der Waals surface area contributed by atoms with Gasteiger partial charge in [0.2, 0.25) is 0 Å². The van der Waals surface area contributed by atoms with Crippen molar-refractivity contribution in [2.24, 2.45) is 0 Å². The molecule has 0 fully saturated rings. The van der Waals surface area contributed by atoms with E-state index in [0.29, 0.717) is 27.9 Å². The fourth-order valence-corrected chi connectivity index (χ4v) is 4.36. The van der Waals surface area contributed by atoms with Crippen molar-refractivity contribution in [1.29, 1.82) is 0 Å². The Kier molecular flexibility index (Phi) is 6.10. The predicted molar refractivity (Wildman–Crippen MR) is 143 cm³/mol. The first-order valence-electron chi connectivity index (χ1n) is 11.5. The van der Waals surface area contributed by atoms with Crippen LogP contribution < -0.4 is 5.32 Å². The fourth-order valence-electron chi connectivity index (χ4n) is 4.18. The third-order valence-electron chi connectivity index (χ3n) is 6.17. The summed E-state index contributed by atoms with van der Waals surface area (Å²) < 4.78 is 1.90. The monoisotopic (exact) mass is 480 g/mol. The van der Waals surface area contributed by atoms with Gasteiger partial charge in [-0.2, -0.15) is 5.10 Å². The molecule has 0 aliphatic rings. The van der Waals surface area contributed by atoms with Crippen molar-refractivity contribution >= 4 is 34.1 Å². The molecule has 0 saturated heterocycles. The summed E-state index contributed by atoms with van der Waals surface area (Å²) in [6, 6.07) is 25.1. The van der Waals surface area contributed by atoms with Gasteiger partial charge < -0.3 is 5.32 Å². The number of nitrogens with zero attached hydrogens (tertiary/aromatic N) is 3. The van der Waals surface area contributed by atoms with E-state index >= 15 is 0 Å². The summed E-state index contributed by atoms with van der Waals surface area (Å²) in [6.45, 7) is 6.37. The number of amides is 1. The van der Waals surface area contributed by atoms with Crippen molar-refractivity contribution < 1.29 is 4.79 Å². The highest BCUT2D eigenvalue weighted by molar-refractivity contribution is 6.34. The van der Waals surface area contributed by atoms with Gasteiger partial charge in [0.25, 0.3) is 5.91 Å². The molecule has 2 aromatic heterocycles. The third kappa shape index (κ3) is 4.43. The molecule has 3 aromatic carbocycles. The van der Waals surface area contributed by atoms with Crippen LogP contribution in [0.25, 0.3) is 27.8 Å². The Labute approximate surface area is 209 Å². The van der Waals surface area contributed by atoms with Crippen LogP contribution >= 0.6 is 11.6 Å². The van der Waals surface area contributed by atoms with E-state index < -0.39 is 0 Å². The van der Waals surface area contributed by atoms with Gasteiger partial charge in [0.05, 0.1) is 45.1 Å². The Hall–Kier alpha value is -3.96. The van der Waals surface area contributed by atoms with Crippen molar-refractivity contribution in [2.45, 2.75) is 26.7 Å². The number of aromatic nitrogens is 3. The van der Waals surface area contributed by atoms with Gasteiger partial charge in [-0.25, -0.2) is 9.67 Å². The average Bonchev–Trinajstić information content (AvgIpc) is 3.26. The van der Waals surface area contributed by atoms with E-state index in [0.717, 1.165) is 27.8 Å². The van der Waals surface area contributed by atoms with E-state index in [-0.39, 0.29) is 5.91 Å². The first kappa shape index (κ1) is 22.8. The van der Waals surface area contributed by atoms with Gasteiger partial charge in [-0.3, -0.25) is 4.79 Å². The SMILES string of the molecule is Cc1c(-c2cc(C(=O)Nc3ccccc3Cl)c3ccccc3n2)cnn1-c1ccc(C(C)C)cc1. The molecule has 5 aromatic rings. The lowest BCUT2D eigenvalue weighted by Crippen LogP contribution is -2.13. The largest absolute Gasteiger partial charge is 0.321 e. The van der Waals surface area contributed by atoms with E-state index in [2.05, 4.69) is 48.5 Å². The Morgan fingerprint density at radius 3 is 2.43 bits per heavy atom. The second-order valence-electron chi connectivity index (χ2n) is 8.81. The maximum atomic E-state index is 13.3. The summed E-state index contributed by atoms with van der Waals surface area (Å²) in [4.78, 5) is 18.2. The van der Waals surface area contributed by atoms with Crippen LogP contribution in [-0.4, -0.2) is 20.7 Å². The number of carbonyl (C=O) groups is 1. The van der Waals surface area contributed by atoms with Crippen LogP contribution in [0.15, 0.2) is 85.1 Å². The van der Waals surface area contributed by atoms with Crippen LogP contribution in [-0.2, 0) is 0 Å². The summed E-state index contributed by atoms with van der Waals surface area (Å²) in [7, 11) is 0. The first-order chi connectivity index (χ1) is 16.9. The summed E-state index contributed by atoms with van der Waals surface area (Å²) in [5.74, 6) is 0.225. The molecule has 0 radical (unpaired) electrons. The zero-order chi connectivity index (χ0) is 24.5. The van der Waals surface area contributed by atoms with Gasteiger partial charge in [-0.1, -0.05) is 67.9 Å². The van der Waals surface area contributed by atoms with Crippen molar-refractivity contribution in [2.75, 3.05) is 5.32 Å². The summed E-state index contributed by atoms with van der Waals surface area (Å²) >= 11 is 6.27. The van der Waals surface area contributed by atoms with Crippen LogP contribution in [0.2, 0.25) is 5.02 Å². The maximum Gasteiger partial charge on any atom is 0.256 e. The summed E-state index contributed by atoms with van der Waals surface area (Å²) in [6.07, 6.45) is 1.80. The van der Waals surface area contributed by atoms with Crippen molar-refractivity contribution in [1.82, 2.24) is 14.8 Å². The molecule has 5 rings (SSSR count). The number of pyridine rings is 1. The van der Waals surface area contributed by atoms with Gasteiger partial charge >= 0.3 is 0 Å². The number of halogens is 1. The lowest BCUT2D eigenvalue weighted by Gasteiger charge is -2.12. The molecule has 0 aliphatic carbocycles. The molecule has 2 heterocycles. The molecule has 0 unspecified atom stereocenters. The van der Waals surface area contributed by atoms with Crippen LogP contribution in [0.1, 0.15) is 41.4 Å². The van der Waals surface area contributed by atoms with Crippen LogP contribution in [0.5, 0.6) is 0 Å². The highest BCUT2D eigenvalue weighted by atomic mass is 35.5.